The highest BCUT2D eigenvalue weighted by atomic mass is 14.7. The van der Waals surface area contributed by atoms with Gasteiger partial charge in [0.05, 0.1) is 0 Å². The summed E-state index contributed by atoms with van der Waals surface area (Å²) in [4.78, 5) is 0. The van der Waals surface area contributed by atoms with Crippen LogP contribution in [0.1, 0.15) is 32.3 Å². The number of hydrogen-bond acceptors (Lipinski definition) is 1. The van der Waals surface area contributed by atoms with E-state index in [0.717, 1.165) is 12.8 Å². The molecule has 0 aliphatic rings. The zero-order valence-electron chi connectivity index (χ0n) is 12.3. The van der Waals surface area contributed by atoms with Crippen molar-refractivity contribution < 1.29 is 0 Å². The second-order valence-electron chi connectivity index (χ2n) is 5.92. The Bertz CT molecular complexity index is 545. The maximum absolute atomic E-state index is 5.97. The summed E-state index contributed by atoms with van der Waals surface area (Å²) in [6.07, 6.45) is 6.39. The fraction of sp³-hybridized carbons (Fsp3) is 0.263. The van der Waals surface area contributed by atoms with Gasteiger partial charge in [-0.05, 0) is 43.4 Å². The van der Waals surface area contributed by atoms with Gasteiger partial charge in [0.25, 0.3) is 0 Å². The van der Waals surface area contributed by atoms with E-state index in [4.69, 9.17) is 5.73 Å². The van der Waals surface area contributed by atoms with Gasteiger partial charge in [-0.1, -0.05) is 66.7 Å². The van der Waals surface area contributed by atoms with Crippen molar-refractivity contribution >= 4 is 6.08 Å². The lowest BCUT2D eigenvalue weighted by molar-refractivity contribution is 0.482. The third-order valence-electron chi connectivity index (χ3n) is 3.28. The Balaban J connectivity index is 1.97. The van der Waals surface area contributed by atoms with Crippen LogP contribution < -0.4 is 5.73 Å². The molecule has 1 heteroatoms. The van der Waals surface area contributed by atoms with Crippen LogP contribution in [-0.4, -0.2) is 5.54 Å². The third-order valence-corrected chi connectivity index (χ3v) is 3.28. The van der Waals surface area contributed by atoms with Crippen molar-refractivity contribution in [2.24, 2.45) is 5.73 Å². The zero-order chi connectivity index (χ0) is 14.4. The highest BCUT2D eigenvalue weighted by Gasteiger charge is 2.07. The lowest BCUT2D eigenvalue weighted by Crippen LogP contribution is -2.31. The molecule has 104 valence electrons. The smallest absolute Gasteiger partial charge is 0.01000 e. The first kappa shape index (κ1) is 14.5. The summed E-state index contributed by atoms with van der Waals surface area (Å²) in [6, 6.07) is 19.1. The molecule has 0 saturated carbocycles. The highest BCUT2D eigenvalue weighted by molar-refractivity contribution is 5.65. The maximum atomic E-state index is 5.97. The van der Waals surface area contributed by atoms with E-state index in [1.807, 2.05) is 6.07 Å². The molecule has 0 atom stereocenters. The summed E-state index contributed by atoms with van der Waals surface area (Å²) >= 11 is 0. The summed E-state index contributed by atoms with van der Waals surface area (Å²) in [5.74, 6) is 0. The molecule has 0 heterocycles. The van der Waals surface area contributed by atoms with E-state index < -0.39 is 0 Å². The van der Waals surface area contributed by atoms with E-state index in [1.54, 1.807) is 0 Å². The molecule has 0 aromatic heterocycles. The fourth-order valence-electron chi connectivity index (χ4n) is 2.09. The number of hydrogen-bond donors (Lipinski definition) is 1. The van der Waals surface area contributed by atoms with Crippen molar-refractivity contribution in [3.8, 4) is 11.1 Å². The van der Waals surface area contributed by atoms with Crippen molar-refractivity contribution in [2.75, 3.05) is 0 Å². The molecular formula is C19H23N. The summed E-state index contributed by atoms with van der Waals surface area (Å²) < 4.78 is 0. The molecule has 1 nitrogen and oxygen atoms in total. The molecule has 2 N–H and O–H groups in total. The topological polar surface area (TPSA) is 26.0 Å². The number of rotatable bonds is 5. The van der Waals surface area contributed by atoms with Crippen LogP contribution in [0.4, 0.5) is 0 Å². The molecule has 0 radical (unpaired) electrons. The Morgan fingerprint density at radius 1 is 0.900 bits per heavy atom. The minimum atomic E-state index is -0.0818. The summed E-state index contributed by atoms with van der Waals surface area (Å²) in [5, 5.41) is 0. The molecule has 0 unspecified atom stereocenters. The average molecular weight is 265 g/mol. The van der Waals surface area contributed by atoms with Crippen LogP contribution in [0.5, 0.6) is 0 Å². The van der Waals surface area contributed by atoms with Gasteiger partial charge < -0.3 is 5.73 Å². The molecule has 20 heavy (non-hydrogen) atoms. The molecule has 0 fully saturated rings. The molecule has 2 aromatic carbocycles. The minimum absolute atomic E-state index is 0.0818. The van der Waals surface area contributed by atoms with Gasteiger partial charge in [0, 0.05) is 5.54 Å². The average Bonchev–Trinajstić information content (AvgIpc) is 2.44. The normalized spacial score (nSPS) is 11.9. The Hall–Kier alpha value is -1.86. The van der Waals surface area contributed by atoms with E-state index in [0.29, 0.717) is 0 Å². The van der Waals surface area contributed by atoms with Gasteiger partial charge in [0.2, 0.25) is 0 Å². The van der Waals surface area contributed by atoms with Gasteiger partial charge in [-0.15, -0.1) is 0 Å². The first-order valence-corrected chi connectivity index (χ1v) is 7.15. The molecule has 0 saturated heterocycles. The SMILES string of the molecule is CC(C)(N)CC/C=C/c1ccc(-c2ccccc2)cc1. The molecule has 0 amide bonds. The van der Waals surface area contributed by atoms with Crippen LogP contribution in [-0.2, 0) is 0 Å². The van der Waals surface area contributed by atoms with Gasteiger partial charge in [0.1, 0.15) is 0 Å². The van der Waals surface area contributed by atoms with Crippen molar-refractivity contribution in [1.29, 1.82) is 0 Å². The van der Waals surface area contributed by atoms with Gasteiger partial charge in [-0.25, -0.2) is 0 Å². The quantitative estimate of drug-likeness (QED) is 0.819. The van der Waals surface area contributed by atoms with E-state index >= 15 is 0 Å². The zero-order valence-corrected chi connectivity index (χ0v) is 12.3. The van der Waals surface area contributed by atoms with Crippen molar-refractivity contribution in [3.05, 3.63) is 66.2 Å². The number of benzene rings is 2. The van der Waals surface area contributed by atoms with Crippen molar-refractivity contribution in [3.63, 3.8) is 0 Å². The standard InChI is InChI=1S/C19H23N/c1-19(2,20)15-7-6-8-16-11-13-18(14-12-16)17-9-4-3-5-10-17/h3-6,8-14H,7,15,20H2,1-2H3/b8-6+. The predicted octanol–water partition coefficient (Wildman–Crippen LogP) is 4.88. The number of allylic oxidation sites excluding steroid dienone is 1. The van der Waals surface area contributed by atoms with Crippen molar-refractivity contribution in [2.45, 2.75) is 32.2 Å². The van der Waals surface area contributed by atoms with Crippen LogP contribution in [0, 0.1) is 0 Å². The first-order valence-electron chi connectivity index (χ1n) is 7.15. The summed E-state index contributed by atoms with van der Waals surface area (Å²) in [7, 11) is 0. The van der Waals surface area contributed by atoms with Gasteiger partial charge in [-0.3, -0.25) is 0 Å². The van der Waals surface area contributed by atoms with E-state index in [9.17, 15) is 0 Å². The summed E-state index contributed by atoms with van der Waals surface area (Å²) in [6.45, 7) is 4.13. The van der Waals surface area contributed by atoms with Crippen LogP contribution in [0.15, 0.2) is 60.7 Å². The Kier molecular flexibility index (Phi) is 4.75. The summed E-state index contributed by atoms with van der Waals surface area (Å²) in [5.41, 5.74) is 9.63. The first-order chi connectivity index (χ1) is 9.54. The van der Waals surface area contributed by atoms with Crippen LogP contribution in [0.25, 0.3) is 17.2 Å². The van der Waals surface area contributed by atoms with Crippen LogP contribution in [0.2, 0.25) is 0 Å². The molecule has 0 aliphatic heterocycles. The highest BCUT2D eigenvalue weighted by Crippen LogP contribution is 2.19. The van der Waals surface area contributed by atoms with E-state index in [-0.39, 0.29) is 5.54 Å². The molecule has 0 spiro atoms. The van der Waals surface area contributed by atoms with Crippen molar-refractivity contribution in [1.82, 2.24) is 0 Å². The predicted molar refractivity (Wildman–Crippen MR) is 88.4 cm³/mol. The monoisotopic (exact) mass is 265 g/mol. The van der Waals surface area contributed by atoms with Gasteiger partial charge in [-0.2, -0.15) is 0 Å². The second kappa shape index (κ2) is 6.53. The van der Waals surface area contributed by atoms with Gasteiger partial charge >= 0.3 is 0 Å². The lowest BCUT2D eigenvalue weighted by atomic mass is 9.99. The Morgan fingerprint density at radius 2 is 1.50 bits per heavy atom. The van der Waals surface area contributed by atoms with E-state index in [2.05, 4.69) is 74.5 Å². The third kappa shape index (κ3) is 4.67. The molecule has 0 aliphatic carbocycles. The largest absolute Gasteiger partial charge is 0.326 e. The second-order valence-corrected chi connectivity index (χ2v) is 5.92. The minimum Gasteiger partial charge on any atom is -0.326 e. The van der Waals surface area contributed by atoms with Gasteiger partial charge in [0.15, 0.2) is 0 Å². The van der Waals surface area contributed by atoms with Crippen LogP contribution in [0.3, 0.4) is 0 Å². The molecule has 2 aromatic rings. The fourth-order valence-corrected chi connectivity index (χ4v) is 2.09. The molecular weight excluding hydrogens is 242 g/mol. The van der Waals surface area contributed by atoms with E-state index in [1.165, 1.54) is 16.7 Å². The lowest BCUT2D eigenvalue weighted by Gasteiger charge is -2.16. The molecule has 0 bridgehead atoms. The maximum Gasteiger partial charge on any atom is 0.01000 e. The van der Waals surface area contributed by atoms with Crippen LogP contribution >= 0.6 is 0 Å². The Labute approximate surface area is 122 Å². The number of nitrogens with two attached hydrogens (primary N) is 1. The Morgan fingerprint density at radius 3 is 2.10 bits per heavy atom. The molecule has 2 rings (SSSR count).